The van der Waals surface area contributed by atoms with Gasteiger partial charge in [-0.15, -0.1) is 0 Å². The van der Waals surface area contributed by atoms with Crippen LogP contribution in [0.1, 0.15) is 26.2 Å². The Bertz CT molecular complexity index is 579. The summed E-state index contributed by atoms with van der Waals surface area (Å²) in [6, 6.07) is 4.32. The number of halogens is 2. The average molecular weight is 365 g/mol. The summed E-state index contributed by atoms with van der Waals surface area (Å²) in [5.74, 6) is 0.808. The van der Waals surface area contributed by atoms with Crippen LogP contribution in [0, 0.1) is 5.92 Å². The van der Waals surface area contributed by atoms with Crippen LogP contribution in [0.4, 0.5) is 0 Å². The van der Waals surface area contributed by atoms with Crippen molar-refractivity contribution in [2.75, 3.05) is 26.2 Å². The van der Waals surface area contributed by atoms with E-state index in [1.54, 1.807) is 0 Å². The van der Waals surface area contributed by atoms with Crippen molar-refractivity contribution < 1.29 is 8.42 Å². The van der Waals surface area contributed by atoms with Gasteiger partial charge in [0, 0.05) is 16.6 Å². The number of likely N-dealkylation sites (tertiary alicyclic amines) is 1. The number of benzene rings is 1. The largest absolute Gasteiger partial charge is 0.303 e. The van der Waals surface area contributed by atoms with E-state index in [1.807, 2.05) is 0 Å². The van der Waals surface area contributed by atoms with Gasteiger partial charge in [-0.2, -0.15) is 0 Å². The van der Waals surface area contributed by atoms with Gasteiger partial charge in [-0.05, 0) is 63.0 Å². The van der Waals surface area contributed by atoms with E-state index in [4.69, 9.17) is 23.2 Å². The molecule has 0 unspecified atom stereocenters. The predicted octanol–water partition coefficient (Wildman–Crippen LogP) is 3.39. The maximum Gasteiger partial charge on any atom is 0.240 e. The molecular weight excluding hydrogens is 343 g/mol. The molecule has 1 saturated heterocycles. The Balaban J connectivity index is 1.80. The number of nitrogens with one attached hydrogen (secondary N) is 1. The molecular formula is C15H22Cl2N2O2S. The summed E-state index contributed by atoms with van der Waals surface area (Å²) in [5.41, 5.74) is 0. The molecule has 0 bridgehead atoms. The molecule has 4 nitrogen and oxygen atoms in total. The molecule has 0 aliphatic carbocycles. The van der Waals surface area contributed by atoms with E-state index in [9.17, 15) is 8.42 Å². The zero-order valence-corrected chi connectivity index (χ0v) is 15.0. The Morgan fingerprint density at radius 3 is 2.36 bits per heavy atom. The molecule has 1 aromatic rings. The molecule has 1 fully saturated rings. The number of nitrogens with zero attached hydrogens (tertiary/aromatic N) is 1. The fraction of sp³-hybridized carbons (Fsp3) is 0.600. The highest BCUT2D eigenvalue weighted by Crippen LogP contribution is 2.22. The first-order chi connectivity index (χ1) is 10.4. The van der Waals surface area contributed by atoms with E-state index < -0.39 is 10.0 Å². The minimum absolute atomic E-state index is 0.108. The first kappa shape index (κ1) is 18.0. The Morgan fingerprint density at radius 2 is 1.77 bits per heavy atom. The molecule has 1 aliphatic heterocycles. The molecule has 0 amide bonds. The second-order valence-electron chi connectivity index (χ2n) is 5.88. The Hall–Kier alpha value is -0.330. The highest BCUT2D eigenvalue weighted by atomic mass is 35.5. The van der Waals surface area contributed by atoms with Gasteiger partial charge in [-0.3, -0.25) is 0 Å². The van der Waals surface area contributed by atoms with E-state index in [-0.39, 0.29) is 4.90 Å². The lowest BCUT2D eigenvalue weighted by atomic mass is 9.99. The standard InChI is InChI=1S/C15H22Cl2N2O2S/c1-12-3-7-19(8-4-12)6-2-5-18-22(20,21)15-10-13(16)9-14(17)11-15/h9-12,18H,2-8H2,1H3. The molecule has 2 rings (SSSR count). The van der Waals surface area contributed by atoms with Gasteiger partial charge in [0.05, 0.1) is 4.90 Å². The monoisotopic (exact) mass is 364 g/mol. The maximum absolute atomic E-state index is 12.2. The van der Waals surface area contributed by atoms with Crippen LogP contribution >= 0.6 is 23.2 Å². The SMILES string of the molecule is CC1CCN(CCCNS(=O)(=O)c2cc(Cl)cc(Cl)c2)CC1. The van der Waals surface area contributed by atoms with Gasteiger partial charge in [-0.1, -0.05) is 30.1 Å². The van der Waals surface area contributed by atoms with Gasteiger partial charge in [0.15, 0.2) is 0 Å². The van der Waals surface area contributed by atoms with E-state index >= 15 is 0 Å². The predicted molar refractivity (Wildman–Crippen MR) is 91.1 cm³/mol. The molecule has 124 valence electrons. The summed E-state index contributed by atoms with van der Waals surface area (Å²) in [6.07, 6.45) is 3.25. The summed E-state index contributed by atoms with van der Waals surface area (Å²) < 4.78 is 27.0. The van der Waals surface area contributed by atoms with Crippen molar-refractivity contribution in [3.63, 3.8) is 0 Å². The van der Waals surface area contributed by atoms with Gasteiger partial charge >= 0.3 is 0 Å². The van der Waals surface area contributed by atoms with Crippen LogP contribution in [-0.4, -0.2) is 39.5 Å². The minimum atomic E-state index is -3.55. The molecule has 1 N–H and O–H groups in total. The molecule has 7 heteroatoms. The average Bonchev–Trinajstić information content (AvgIpc) is 2.44. The number of sulfonamides is 1. The van der Waals surface area contributed by atoms with Crippen LogP contribution in [0.25, 0.3) is 0 Å². The Kier molecular flexibility index (Phi) is 6.53. The van der Waals surface area contributed by atoms with E-state index in [0.29, 0.717) is 16.6 Å². The highest BCUT2D eigenvalue weighted by Gasteiger charge is 2.17. The summed E-state index contributed by atoms with van der Waals surface area (Å²) in [7, 11) is -3.55. The molecule has 0 radical (unpaired) electrons. The highest BCUT2D eigenvalue weighted by molar-refractivity contribution is 7.89. The van der Waals surface area contributed by atoms with Crippen molar-refractivity contribution in [2.45, 2.75) is 31.1 Å². The molecule has 0 atom stereocenters. The number of rotatable bonds is 6. The molecule has 1 aliphatic rings. The molecule has 22 heavy (non-hydrogen) atoms. The summed E-state index contributed by atoms with van der Waals surface area (Å²) >= 11 is 11.7. The fourth-order valence-corrected chi connectivity index (χ4v) is 4.36. The van der Waals surface area contributed by atoms with Gasteiger partial charge in [0.1, 0.15) is 0 Å². The summed E-state index contributed by atoms with van der Waals surface area (Å²) in [4.78, 5) is 2.50. The molecule has 1 aromatic carbocycles. The smallest absolute Gasteiger partial charge is 0.240 e. The third kappa shape index (κ3) is 5.39. The van der Waals surface area contributed by atoms with Gasteiger partial charge < -0.3 is 4.90 Å². The lowest BCUT2D eigenvalue weighted by molar-refractivity contribution is 0.191. The van der Waals surface area contributed by atoms with E-state index in [1.165, 1.54) is 31.0 Å². The Morgan fingerprint density at radius 1 is 1.18 bits per heavy atom. The van der Waals surface area contributed by atoms with Gasteiger partial charge in [0.25, 0.3) is 0 Å². The van der Waals surface area contributed by atoms with Crippen molar-refractivity contribution in [2.24, 2.45) is 5.92 Å². The number of piperidine rings is 1. The van der Waals surface area contributed by atoms with Crippen LogP contribution in [0.5, 0.6) is 0 Å². The topological polar surface area (TPSA) is 49.4 Å². The second kappa shape index (κ2) is 7.97. The molecule has 0 saturated carbocycles. The normalized spacial score (nSPS) is 17.8. The van der Waals surface area contributed by atoms with Crippen LogP contribution in [0.15, 0.2) is 23.1 Å². The van der Waals surface area contributed by atoms with Crippen molar-refractivity contribution in [3.8, 4) is 0 Å². The van der Waals surface area contributed by atoms with E-state index in [0.717, 1.165) is 32.0 Å². The lowest BCUT2D eigenvalue weighted by Crippen LogP contribution is -2.35. The second-order valence-corrected chi connectivity index (χ2v) is 8.52. The van der Waals surface area contributed by atoms with Crippen molar-refractivity contribution >= 4 is 33.2 Å². The maximum atomic E-state index is 12.2. The lowest BCUT2D eigenvalue weighted by Gasteiger charge is -2.30. The first-order valence-electron chi connectivity index (χ1n) is 7.55. The minimum Gasteiger partial charge on any atom is -0.303 e. The Labute approximate surface area is 142 Å². The first-order valence-corrected chi connectivity index (χ1v) is 9.79. The van der Waals surface area contributed by atoms with Crippen LogP contribution in [0.3, 0.4) is 0 Å². The number of hydrogen-bond acceptors (Lipinski definition) is 3. The zero-order valence-electron chi connectivity index (χ0n) is 12.7. The zero-order chi connectivity index (χ0) is 16.2. The van der Waals surface area contributed by atoms with Crippen molar-refractivity contribution in [3.05, 3.63) is 28.2 Å². The molecule has 0 aromatic heterocycles. The van der Waals surface area contributed by atoms with Gasteiger partial charge in [0.2, 0.25) is 10.0 Å². The van der Waals surface area contributed by atoms with Crippen molar-refractivity contribution in [1.82, 2.24) is 9.62 Å². The van der Waals surface area contributed by atoms with Crippen LogP contribution in [0.2, 0.25) is 10.0 Å². The summed E-state index contributed by atoms with van der Waals surface area (Å²) in [5, 5.41) is 0.630. The van der Waals surface area contributed by atoms with Gasteiger partial charge in [-0.25, -0.2) is 13.1 Å². The summed E-state index contributed by atoms with van der Waals surface area (Å²) in [6.45, 7) is 5.83. The molecule has 1 heterocycles. The van der Waals surface area contributed by atoms with Crippen LogP contribution in [-0.2, 0) is 10.0 Å². The third-order valence-corrected chi connectivity index (χ3v) is 5.84. The number of hydrogen-bond donors (Lipinski definition) is 1. The quantitative estimate of drug-likeness (QED) is 0.787. The fourth-order valence-electron chi connectivity index (χ4n) is 2.56. The molecule has 0 spiro atoms. The third-order valence-electron chi connectivity index (χ3n) is 3.97. The van der Waals surface area contributed by atoms with Crippen molar-refractivity contribution in [1.29, 1.82) is 0 Å². The van der Waals surface area contributed by atoms with E-state index in [2.05, 4.69) is 16.5 Å². The van der Waals surface area contributed by atoms with Crippen LogP contribution < -0.4 is 4.72 Å².